The number of benzene rings is 1. The lowest BCUT2D eigenvalue weighted by Crippen LogP contribution is -2.25. The van der Waals surface area contributed by atoms with Crippen LogP contribution in [0.15, 0.2) is 36.4 Å². The van der Waals surface area contributed by atoms with Gasteiger partial charge in [-0.1, -0.05) is 17.7 Å². The fourth-order valence-electron chi connectivity index (χ4n) is 1.58. The predicted molar refractivity (Wildman–Crippen MR) is 71.5 cm³/mol. The van der Waals surface area contributed by atoms with E-state index in [0.717, 1.165) is 4.88 Å². The molecule has 0 spiro atoms. The summed E-state index contributed by atoms with van der Waals surface area (Å²) in [6.45, 7) is 0.465. The molecule has 2 aromatic rings. The summed E-state index contributed by atoms with van der Waals surface area (Å²) < 4.78 is 13.7. The van der Waals surface area contributed by atoms with E-state index in [0.29, 0.717) is 16.4 Å². The lowest BCUT2D eigenvalue weighted by atomic mass is 10.2. The minimum absolute atomic E-state index is 0.209. The highest BCUT2D eigenvalue weighted by molar-refractivity contribution is 7.16. The van der Waals surface area contributed by atoms with Gasteiger partial charge in [-0.2, -0.15) is 0 Å². The van der Waals surface area contributed by atoms with E-state index < -0.39 is 5.82 Å². The first-order valence-electron chi connectivity index (χ1n) is 5.31. The second-order valence-electron chi connectivity index (χ2n) is 3.88. The van der Waals surface area contributed by atoms with Crippen molar-refractivity contribution in [3.05, 3.63) is 57.0 Å². The maximum Gasteiger partial charge on any atom is 0.254 e. The lowest BCUT2D eigenvalue weighted by Gasteiger charge is -2.16. The van der Waals surface area contributed by atoms with Gasteiger partial charge in [0.15, 0.2) is 0 Å². The first-order chi connectivity index (χ1) is 8.56. The molecule has 0 aliphatic carbocycles. The summed E-state index contributed by atoms with van der Waals surface area (Å²) in [5, 5.41) is 0. The molecule has 0 saturated carbocycles. The van der Waals surface area contributed by atoms with Crippen molar-refractivity contribution in [3.63, 3.8) is 0 Å². The molecule has 0 saturated heterocycles. The largest absolute Gasteiger partial charge is 0.337 e. The summed E-state index contributed by atoms with van der Waals surface area (Å²) in [6.07, 6.45) is 0. The molecule has 0 radical (unpaired) electrons. The Labute approximate surface area is 114 Å². The van der Waals surface area contributed by atoms with Crippen molar-refractivity contribution < 1.29 is 9.18 Å². The Kier molecular flexibility index (Phi) is 3.99. The van der Waals surface area contributed by atoms with Gasteiger partial charge >= 0.3 is 0 Å². The van der Waals surface area contributed by atoms with Crippen LogP contribution < -0.4 is 0 Å². The molecule has 94 valence electrons. The van der Waals surface area contributed by atoms with Crippen LogP contribution in [0.2, 0.25) is 4.34 Å². The highest BCUT2D eigenvalue weighted by Crippen LogP contribution is 2.22. The van der Waals surface area contributed by atoms with E-state index in [9.17, 15) is 9.18 Å². The summed E-state index contributed by atoms with van der Waals surface area (Å²) in [6, 6.07) is 9.35. The van der Waals surface area contributed by atoms with E-state index in [4.69, 9.17) is 11.6 Å². The van der Waals surface area contributed by atoms with Crippen LogP contribution in [0.1, 0.15) is 15.2 Å². The number of thiophene rings is 1. The molecular formula is C13H11ClFNOS. The summed E-state index contributed by atoms with van der Waals surface area (Å²) in [5.41, 5.74) is 0.347. The SMILES string of the molecule is CN(Cc1ccc(Cl)s1)C(=O)c1cccc(F)c1. The van der Waals surface area contributed by atoms with E-state index in [1.807, 2.05) is 6.07 Å². The number of amides is 1. The van der Waals surface area contributed by atoms with Crippen molar-refractivity contribution in [3.8, 4) is 0 Å². The maximum atomic E-state index is 13.0. The van der Waals surface area contributed by atoms with E-state index in [-0.39, 0.29) is 5.91 Å². The average molecular weight is 284 g/mol. The second kappa shape index (κ2) is 5.50. The first kappa shape index (κ1) is 13.1. The van der Waals surface area contributed by atoms with E-state index >= 15 is 0 Å². The Balaban J connectivity index is 2.09. The van der Waals surface area contributed by atoms with Crippen LogP contribution in [0, 0.1) is 5.82 Å². The second-order valence-corrected chi connectivity index (χ2v) is 5.68. The Morgan fingerprint density at radius 1 is 1.39 bits per heavy atom. The molecule has 2 rings (SSSR count). The number of carbonyl (C=O) groups is 1. The number of carbonyl (C=O) groups excluding carboxylic acids is 1. The monoisotopic (exact) mass is 283 g/mol. The highest BCUT2D eigenvalue weighted by Gasteiger charge is 2.13. The van der Waals surface area contributed by atoms with Gasteiger partial charge < -0.3 is 4.90 Å². The molecular weight excluding hydrogens is 273 g/mol. The highest BCUT2D eigenvalue weighted by atomic mass is 35.5. The molecule has 0 aliphatic rings. The van der Waals surface area contributed by atoms with Crippen LogP contribution in [0.25, 0.3) is 0 Å². The van der Waals surface area contributed by atoms with Crippen LogP contribution in [0.5, 0.6) is 0 Å². The molecule has 0 atom stereocenters. The Hall–Kier alpha value is -1.39. The van der Waals surface area contributed by atoms with Gasteiger partial charge in [0.05, 0.1) is 10.9 Å². The van der Waals surface area contributed by atoms with E-state index in [1.165, 1.54) is 34.4 Å². The minimum atomic E-state index is -0.409. The molecule has 2 nitrogen and oxygen atoms in total. The maximum absolute atomic E-state index is 13.0. The van der Waals surface area contributed by atoms with Gasteiger partial charge in [-0.05, 0) is 30.3 Å². The molecule has 1 aromatic heterocycles. The number of nitrogens with zero attached hydrogens (tertiary/aromatic N) is 1. The van der Waals surface area contributed by atoms with E-state index in [2.05, 4.69) is 0 Å². The van der Waals surface area contributed by atoms with Crippen molar-refractivity contribution in [1.82, 2.24) is 4.90 Å². The van der Waals surface area contributed by atoms with Gasteiger partial charge in [0.2, 0.25) is 0 Å². The molecule has 0 aliphatic heterocycles. The smallest absolute Gasteiger partial charge is 0.254 e. The number of hydrogen-bond donors (Lipinski definition) is 0. The van der Waals surface area contributed by atoms with Crippen LogP contribution in [0.3, 0.4) is 0 Å². The lowest BCUT2D eigenvalue weighted by molar-refractivity contribution is 0.0786. The summed E-state index contributed by atoms with van der Waals surface area (Å²) in [7, 11) is 1.68. The van der Waals surface area contributed by atoms with Crippen LogP contribution >= 0.6 is 22.9 Å². The van der Waals surface area contributed by atoms with Gasteiger partial charge in [0, 0.05) is 17.5 Å². The quantitative estimate of drug-likeness (QED) is 0.839. The van der Waals surface area contributed by atoms with Crippen LogP contribution in [-0.2, 0) is 6.54 Å². The molecule has 0 fully saturated rings. The number of halogens is 2. The topological polar surface area (TPSA) is 20.3 Å². The van der Waals surface area contributed by atoms with Crippen molar-refractivity contribution in [1.29, 1.82) is 0 Å². The van der Waals surface area contributed by atoms with Crippen molar-refractivity contribution in [2.75, 3.05) is 7.05 Å². The zero-order chi connectivity index (χ0) is 13.1. The minimum Gasteiger partial charge on any atom is -0.337 e. The standard InChI is InChI=1S/C13H11ClFNOS/c1-16(8-11-5-6-12(14)18-11)13(17)9-3-2-4-10(15)7-9/h2-7H,8H2,1H3. The average Bonchev–Trinajstić information content (AvgIpc) is 2.73. The van der Waals surface area contributed by atoms with Crippen molar-refractivity contribution >= 4 is 28.8 Å². The predicted octanol–water partition coefficient (Wildman–Crippen LogP) is 3.81. The van der Waals surface area contributed by atoms with E-state index in [1.54, 1.807) is 19.2 Å². The Morgan fingerprint density at radius 2 is 2.17 bits per heavy atom. The number of rotatable bonds is 3. The van der Waals surface area contributed by atoms with Gasteiger partial charge in [0.25, 0.3) is 5.91 Å². The van der Waals surface area contributed by atoms with Gasteiger partial charge in [-0.15, -0.1) is 11.3 Å². The van der Waals surface area contributed by atoms with Crippen LogP contribution in [0.4, 0.5) is 4.39 Å². The third-order valence-electron chi connectivity index (χ3n) is 2.44. The van der Waals surface area contributed by atoms with Gasteiger partial charge in [-0.25, -0.2) is 4.39 Å². The molecule has 0 bridgehead atoms. The molecule has 1 aromatic carbocycles. The van der Waals surface area contributed by atoms with Gasteiger partial charge in [0.1, 0.15) is 5.82 Å². The third-order valence-corrected chi connectivity index (χ3v) is 3.66. The first-order valence-corrected chi connectivity index (χ1v) is 6.51. The normalized spacial score (nSPS) is 10.4. The van der Waals surface area contributed by atoms with Crippen LogP contribution in [-0.4, -0.2) is 17.9 Å². The van der Waals surface area contributed by atoms with Crippen molar-refractivity contribution in [2.24, 2.45) is 0 Å². The third kappa shape index (κ3) is 3.09. The molecule has 5 heteroatoms. The zero-order valence-electron chi connectivity index (χ0n) is 9.69. The number of hydrogen-bond acceptors (Lipinski definition) is 2. The fraction of sp³-hybridized carbons (Fsp3) is 0.154. The molecule has 1 heterocycles. The summed E-state index contributed by atoms with van der Waals surface area (Å²) in [5.74, 6) is -0.618. The summed E-state index contributed by atoms with van der Waals surface area (Å²) in [4.78, 5) is 14.6. The van der Waals surface area contributed by atoms with Crippen molar-refractivity contribution in [2.45, 2.75) is 6.54 Å². The summed E-state index contributed by atoms with van der Waals surface area (Å²) >= 11 is 7.26. The van der Waals surface area contributed by atoms with Gasteiger partial charge in [-0.3, -0.25) is 4.79 Å². The molecule has 0 N–H and O–H groups in total. The fourth-order valence-corrected chi connectivity index (χ4v) is 2.73. The molecule has 0 unspecified atom stereocenters. The molecule has 18 heavy (non-hydrogen) atoms. The Morgan fingerprint density at radius 3 is 2.78 bits per heavy atom. The molecule has 1 amide bonds. The zero-order valence-corrected chi connectivity index (χ0v) is 11.3. The Bertz CT molecular complexity index is 570.